The summed E-state index contributed by atoms with van der Waals surface area (Å²) in [6.45, 7) is 7.66. The fourth-order valence-electron chi connectivity index (χ4n) is 5.23. The van der Waals surface area contributed by atoms with E-state index in [1.807, 2.05) is 51.1 Å². The Morgan fingerprint density at radius 1 is 0.974 bits per heavy atom. The largest absolute Gasteiger partial charge is 0.490 e. The van der Waals surface area contributed by atoms with Gasteiger partial charge < -0.3 is 9.64 Å². The Kier molecular flexibility index (Phi) is 7.65. The summed E-state index contributed by atoms with van der Waals surface area (Å²) in [5.74, 6) is -3.09. The molecule has 1 heterocycles. The van der Waals surface area contributed by atoms with Gasteiger partial charge in [-0.05, 0) is 61.4 Å². The maximum atomic E-state index is 14.2. The number of carbonyl (C=O) groups is 2. The Bertz CT molecular complexity index is 1250. The van der Waals surface area contributed by atoms with Crippen LogP contribution >= 0.6 is 0 Å². The molecule has 1 aliphatic rings. The average molecular weight is 525 g/mol. The van der Waals surface area contributed by atoms with Crippen LogP contribution in [0.15, 0.2) is 78.9 Å². The van der Waals surface area contributed by atoms with Crippen LogP contribution in [0.2, 0.25) is 0 Å². The normalized spacial score (nSPS) is 17.6. The molecule has 0 saturated heterocycles. The average Bonchev–Trinajstić information content (AvgIpc) is 2.86. The molecule has 0 radical (unpaired) electrons. The van der Waals surface area contributed by atoms with Gasteiger partial charge in [0.1, 0.15) is 0 Å². The Labute approximate surface area is 220 Å². The SMILES string of the molecule is Cc1ccc2c(c1)N(C(=O)C(NC(c1ccccc1)c1ccccc1)OC(=O)C(F)(F)F)C(C)(C)CC2C. The Hall–Kier alpha value is -3.65. The summed E-state index contributed by atoms with van der Waals surface area (Å²) in [6, 6.07) is 23.0. The van der Waals surface area contributed by atoms with Crippen molar-refractivity contribution in [1.29, 1.82) is 0 Å². The summed E-state index contributed by atoms with van der Waals surface area (Å²) in [5.41, 5.74) is 3.05. The number of amides is 1. The number of ether oxygens (including phenoxy) is 1. The summed E-state index contributed by atoms with van der Waals surface area (Å²) in [4.78, 5) is 27.7. The Balaban J connectivity index is 1.81. The lowest BCUT2D eigenvalue weighted by atomic mass is 9.79. The standard InChI is InChI=1S/C30H31F3N2O3/c1-19-15-16-23-20(2)18-29(3,4)35(24(23)17-19)27(36)26(38-28(37)30(31,32)33)34-25(21-11-7-5-8-12-21)22-13-9-6-10-14-22/h5-17,20,25-26,34H,18H2,1-4H3. The maximum Gasteiger partial charge on any atom is 0.490 e. The number of anilines is 1. The van der Waals surface area contributed by atoms with Crippen LogP contribution in [0, 0.1) is 6.92 Å². The Morgan fingerprint density at radius 2 is 1.53 bits per heavy atom. The number of hydrogen-bond acceptors (Lipinski definition) is 4. The highest BCUT2D eigenvalue weighted by Gasteiger charge is 2.47. The van der Waals surface area contributed by atoms with Crippen molar-refractivity contribution in [2.24, 2.45) is 0 Å². The van der Waals surface area contributed by atoms with Crippen molar-refractivity contribution in [3.05, 3.63) is 101 Å². The van der Waals surface area contributed by atoms with E-state index in [-0.39, 0.29) is 5.92 Å². The predicted octanol–water partition coefficient (Wildman–Crippen LogP) is 6.42. The third-order valence-electron chi connectivity index (χ3n) is 6.85. The van der Waals surface area contributed by atoms with Gasteiger partial charge in [0.25, 0.3) is 5.91 Å². The number of carbonyl (C=O) groups excluding carboxylic acids is 2. The van der Waals surface area contributed by atoms with Crippen molar-refractivity contribution in [2.75, 3.05) is 4.90 Å². The number of alkyl halides is 3. The van der Waals surface area contributed by atoms with Gasteiger partial charge in [0.05, 0.1) is 6.04 Å². The zero-order valence-corrected chi connectivity index (χ0v) is 21.8. The van der Waals surface area contributed by atoms with Gasteiger partial charge in [0.15, 0.2) is 0 Å². The fraction of sp³-hybridized carbons (Fsp3) is 0.333. The monoisotopic (exact) mass is 524 g/mol. The molecule has 0 aliphatic carbocycles. The smallest absolute Gasteiger partial charge is 0.430 e. The second-order valence-corrected chi connectivity index (χ2v) is 10.4. The first-order chi connectivity index (χ1) is 17.9. The molecule has 200 valence electrons. The van der Waals surface area contributed by atoms with E-state index in [0.717, 1.165) is 11.1 Å². The van der Waals surface area contributed by atoms with E-state index in [1.54, 1.807) is 48.5 Å². The number of nitrogens with zero attached hydrogens (tertiary/aromatic N) is 1. The molecule has 0 spiro atoms. The van der Waals surface area contributed by atoms with Gasteiger partial charge in [-0.15, -0.1) is 0 Å². The van der Waals surface area contributed by atoms with Crippen molar-refractivity contribution >= 4 is 17.6 Å². The number of halogens is 3. The molecule has 38 heavy (non-hydrogen) atoms. The summed E-state index contributed by atoms with van der Waals surface area (Å²) in [7, 11) is 0. The van der Waals surface area contributed by atoms with Gasteiger partial charge in [-0.1, -0.05) is 79.7 Å². The molecule has 5 nitrogen and oxygen atoms in total. The summed E-state index contributed by atoms with van der Waals surface area (Å²) < 4.78 is 45.0. The molecular formula is C30H31F3N2O3. The highest BCUT2D eigenvalue weighted by atomic mass is 19.4. The van der Waals surface area contributed by atoms with E-state index in [2.05, 4.69) is 12.2 Å². The third-order valence-corrected chi connectivity index (χ3v) is 6.85. The number of hydrogen-bond donors (Lipinski definition) is 1. The van der Waals surface area contributed by atoms with E-state index in [1.165, 1.54) is 4.90 Å². The van der Waals surface area contributed by atoms with Crippen molar-refractivity contribution in [2.45, 2.75) is 64.0 Å². The molecule has 0 saturated carbocycles. The fourth-order valence-corrected chi connectivity index (χ4v) is 5.23. The van der Waals surface area contributed by atoms with Crippen LogP contribution in [-0.2, 0) is 14.3 Å². The number of rotatable bonds is 6. The van der Waals surface area contributed by atoms with E-state index in [0.29, 0.717) is 23.2 Å². The lowest BCUT2D eigenvalue weighted by molar-refractivity contribution is -0.206. The lowest BCUT2D eigenvalue weighted by Crippen LogP contribution is -2.59. The van der Waals surface area contributed by atoms with Crippen molar-refractivity contribution < 1.29 is 27.5 Å². The maximum absolute atomic E-state index is 14.2. The second-order valence-electron chi connectivity index (χ2n) is 10.4. The van der Waals surface area contributed by atoms with E-state index >= 15 is 0 Å². The van der Waals surface area contributed by atoms with Crippen LogP contribution < -0.4 is 10.2 Å². The van der Waals surface area contributed by atoms with E-state index < -0.39 is 35.9 Å². The molecule has 4 rings (SSSR count). The number of fused-ring (bicyclic) bond motifs is 1. The first-order valence-corrected chi connectivity index (χ1v) is 12.5. The lowest BCUT2D eigenvalue weighted by Gasteiger charge is -2.47. The quantitative estimate of drug-likeness (QED) is 0.299. The van der Waals surface area contributed by atoms with Gasteiger partial charge in [0, 0.05) is 11.2 Å². The molecule has 0 fully saturated rings. The van der Waals surface area contributed by atoms with Gasteiger partial charge in [-0.25, -0.2) is 4.79 Å². The minimum atomic E-state index is -5.27. The number of esters is 1. The molecule has 3 aromatic carbocycles. The van der Waals surface area contributed by atoms with E-state index in [4.69, 9.17) is 4.74 Å². The van der Waals surface area contributed by atoms with Gasteiger partial charge in [-0.2, -0.15) is 13.2 Å². The molecule has 1 aliphatic heterocycles. The molecule has 2 atom stereocenters. The highest BCUT2D eigenvalue weighted by Crippen LogP contribution is 2.44. The first-order valence-electron chi connectivity index (χ1n) is 12.5. The Morgan fingerprint density at radius 3 is 2.05 bits per heavy atom. The zero-order valence-electron chi connectivity index (χ0n) is 21.8. The van der Waals surface area contributed by atoms with Crippen molar-refractivity contribution in [3.63, 3.8) is 0 Å². The second kappa shape index (κ2) is 10.6. The van der Waals surface area contributed by atoms with Crippen LogP contribution in [0.1, 0.15) is 61.4 Å². The molecule has 2 unspecified atom stereocenters. The van der Waals surface area contributed by atoms with Gasteiger partial charge >= 0.3 is 12.1 Å². The molecule has 8 heteroatoms. The van der Waals surface area contributed by atoms with E-state index in [9.17, 15) is 22.8 Å². The summed E-state index contributed by atoms with van der Waals surface area (Å²) >= 11 is 0. The van der Waals surface area contributed by atoms with Crippen LogP contribution in [0.25, 0.3) is 0 Å². The number of aryl methyl sites for hydroxylation is 1. The van der Waals surface area contributed by atoms with Gasteiger partial charge in [0.2, 0.25) is 6.23 Å². The van der Waals surface area contributed by atoms with Crippen LogP contribution in [0.4, 0.5) is 18.9 Å². The molecular weight excluding hydrogens is 493 g/mol. The number of benzene rings is 3. The van der Waals surface area contributed by atoms with Crippen LogP contribution in [0.5, 0.6) is 0 Å². The van der Waals surface area contributed by atoms with Gasteiger partial charge in [-0.3, -0.25) is 10.1 Å². The minimum absolute atomic E-state index is 0.121. The molecule has 1 amide bonds. The first kappa shape index (κ1) is 27.4. The predicted molar refractivity (Wildman–Crippen MR) is 140 cm³/mol. The number of nitrogens with one attached hydrogen (secondary N) is 1. The minimum Gasteiger partial charge on any atom is -0.430 e. The molecule has 3 aromatic rings. The summed E-state index contributed by atoms with van der Waals surface area (Å²) in [5, 5.41) is 2.95. The van der Waals surface area contributed by atoms with Crippen LogP contribution in [-0.4, -0.2) is 29.8 Å². The topological polar surface area (TPSA) is 58.6 Å². The highest BCUT2D eigenvalue weighted by molar-refractivity contribution is 6.00. The van der Waals surface area contributed by atoms with Crippen molar-refractivity contribution in [3.8, 4) is 0 Å². The molecule has 1 N–H and O–H groups in total. The zero-order chi connectivity index (χ0) is 27.7. The third kappa shape index (κ3) is 5.75. The molecule has 0 bridgehead atoms. The van der Waals surface area contributed by atoms with Crippen LogP contribution in [0.3, 0.4) is 0 Å². The van der Waals surface area contributed by atoms with Crippen molar-refractivity contribution in [1.82, 2.24) is 5.32 Å². The summed E-state index contributed by atoms with van der Waals surface area (Å²) in [6.07, 6.45) is -6.60. The molecule has 0 aromatic heterocycles.